The molecule has 0 aromatic carbocycles. The Bertz CT molecular complexity index is 297. The zero-order chi connectivity index (χ0) is 13.5. The molecule has 2 amide bonds. The lowest BCUT2D eigenvalue weighted by molar-refractivity contribution is -0.135. The van der Waals surface area contributed by atoms with Crippen LogP contribution >= 0.6 is 11.8 Å². The Morgan fingerprint density at radius 1 is 1.39 bits per heavy atom. The van der Waals surface area contributed by atoms with E-state index in [1.807, 2.05) is 30.5 Å². The molecular weight excluding hydrogens is 248 g/mol. The van der Waals surface area contributed by atoms with Crippen LogP contribution < -0.4 is 5.32 Å². The molecule has 1 saturated heterocycles. The highest BCUT2D eigenvalue weighted by Gasteiger charge is 2.32. The highest BCUT2D eigenvalue weighted by atomic mass is 32.2. The van der Waals surface area contributed by atoms with Crippen molar-refractivity contribution in [2.45, 2.75) is 52.1 Å². The molecule has 0 bridgehead atoms. The molecule has 1 N–H and O–H groups in total. The van der Waals surface area contributed by atoms with E-state index in [1.165, 1.54) is 0 Å². The topological polar surface area (TPSA) is 49.4 Å². The van der Waals surface area contributed by atoms with E-state index in [1.54, 1.807) is 0 Å². The summed E-state index contributed by atoms with van der Waals surface area (Å²) in [6, 6.07) is -0.318. The average Bonchev–Trinajstić information content (AvgIpc) is 2.44. The molecule has 1 fully saturated rings. The zero-order valence-corrected chi connectivity index (χ0v) is 12.4. The van der Waals surface area contributed by atoms with Gasteiger partial charge in [0.05, 0.1) is 0 Å². The summed E-state index contributed by atoms with van der Waals surface area (Å²) >= 11 is 1.89. The largest absolute Gasteiger partial charge is 0.344 e. The van der Waals surface area contributed by atoms with Gasteiger partial charge in [0.1, 0.15) is 6.04 Å². The van der Waals surface area contributed by atoms with E-state index in [4.69, 9.17) is 0 Å². The second-order valence-electron chi connectivity index (χ2n) is 4.66. The Hall–Kier alpha value is -0.710. The number of thioether (sulfide) groups is 1. The first-order valence-corrected chi connectivity index (χ1v) is 7.93. The molecule has 0 aromatic heterocycles. The number of hydrogen-bond donors (Lipinski definition) is 1. The fourth-order valence-electron chi connectivity index (χ4n) is 2.20. The van der Waals surface area contributed by atoms with Gasteiger partial charge in [0.2, 0.25) is 11.8 Å². The van der Waals surface area contributed by atoms with Gasteiger partial charge >= 0.3 is 0 Å². The van der Waals surface area contributed by atoms with E-state index >= 15 is 0 Å². The van der Waals surface area contributed by atoms with Gasteiger partial charge in [0.25, 0.3) is 0 Å². The van der Waals surface area contributed by atoms with Gasteiger partial charge < -0.3 is 10.2 Å². The van der Waals surface area contributed by atoms with Gasteiger partial charge in [0, 0.05) is 19.0 Å². The van der Waals surface area contributed by atoms with Gasteiger partial charge in [-0.15, -0.1) is 0 Å². The molecule has 0 radical (unpaired) electrons. The first-order valence-electron chi connectivity index (χ1n) is 6.77. The molecule has 104 valence electrons. The summed E-state index contributed by atoms with van der Waals surface area (Å²) < 4.78 is 0. The van der Waals surface area contributed by atoms with Crippen LogP contribution in [-0.2, 0) is 9.59 Å². The molecule has 1 heterocycles. The third-order valence-corrected chi connectivity index (χ3v) is 4.21. The minimum absolute atomic E-state index is 0.00636. The summed E-state index contributed by atoms with van der Waals surface area (Å²) in [5.74, 6) is 2.26. The van der Waals surface area contributed by atoms with Crippen molar-refractivity contribution in [3.8, 4) is 0 Å². The Morgan fingerprint density at radius 2 is 2.11 bits per heavy atom. The molecule has 18 heavy (non-hydrogen) atoms. The second-order valence-corrected chi connectivity index (χ2v) is 6.06. The third kappa shape index (κ3) is 4.19. The Labute approximate surface area is 114 Å². The number of carbonyl (C=O) groups excluding carboxylic acids is 2. The number of rotatable bonds is 6. The van der Waals surface area contributed by atoms with E-state index in [0.717, 1.165) is 24.5 Å². The summed E-state index contributed by atoms with van der Waals surface area (Å²) in [4.78, 5) is 25.8. The van der Waals surface area contributed by atoms with E-state index in [9.17, 15) is 9.59 Å². The zero-order valence-electron chi connectivity index (χ0n) is 11.6. The van der Waals surface area contributed by atoms with Crippen LogP contribution in [0.3, 0.4) is 0 Å². The van der Waals surface area contributed by atoms with Crippen LogP contribution in [0.25, 0.3) is 0 Å². The fraction of sp³-hybridized carbons (Fsp3) is 0.846. The van der Waals surface area contributed by atoms with Crippen molar-refractivity contribution in [2.24, 2.45) is 0 Å². The molecule has 4 nitrogen and oxygen atoms in total. The Kier molecular flexibility index (Phi) is 6.54. The number of nitrogens with zero attached hydrogens (tertiary/aromatic N) is 1. The molecule has 1 aliphatic rings. The van der Waals surface area contributed by atoms with Gasteiger partial charge in [-0.05, 0) is 31.3 Å². The molecule has 1 rings (SSSR count). The predicted molar refractivity (Wildman–Crippen MR) is 75.6 cm³/mol. The molecule has 0 aliphatic carbocycles. The van der Waals surface area contributed by atoms with Crippen molar-refractivity contribution in [3.63, 3.8) is 0 Å². The third-order valence-electron chi connectivity index (χ3n) is 3.23. The van der Waals surface area contributed by atoms with Gasteiger partial charge in [0.15, 0.2) is 0 Å². The SMILES string of the molecule is CCSCCCN1C(=O)C(CC)NC(=O)CC1C. The first kappa shape index (κ1) is 15.3. The first-order chi connectivity index (χ1) is 8.60. The van der Waals surface area contributed by atoms with Crippen LogP contribution in [0.2, 0.25) is 0 Å². The van der Waals surface area contributed by atoms with E-state index in [2.05, 4.69) is 12.2 Å². The highest BCUT2D eigenvalue weighted by Crippen LogP contribution is 2.14. The number of carbonyl (C=O) groups is 2. The average molecular weight is 272 g/mol. The molecule has 5 heteroatoms. The van der Waals surface area contributed by atoms with Gasteiger partial charge in [-0.25, -0.2) is 0 Å². The summed E-state index contributed by atoms with van der Waals surface area (Å²) in [6.07, 6.45) is 2.08. The van der Waals surface area contributed by atoms with Gasteiger partial charge in [-0.3, -0.25) is 9.59 Å². The summed E-state index contributed by atoms with van der Waals surface area (Å²) in [7, 11) is 0. The molecule has 2 unspecified atom stereocenters. The van der Waals surface area contributed by atoms with Crippen molar-refractivity contribution >= 4 is 23.6 Å². The van der Waals surface area contributed by atoms with Crippen LogP contribution in [0.1, 0.15) is 40.0 Å². The van der Waals surface area contributed by atoms with Gasteiger partial charge in [-0.1, -0.05) is 13.8 Å². The van der Waals surface area contributed by atoms with Crippen molar-refractivity contribution in [3.05, 3.63) is 0 Å². The lowest BCUT2D eigenvalue weighted by Crippen LogP contribution is -2.46. The molecule has 0 saturated carbocycles. The highest BCUT2D eigenvalue weighted by molar-refractivity contribution is 7.99. The van der Waals surface area contributed by atoms with E-state index < -0.39 is 0 Å². The lowest BCUT2D eigenvalue weighted by Gasteiger charge is -2.28. The maximum absolute atomic E-state index is 12.3. The smallest absolute Gasteiger partial charge is 0.245 e. The summed E-state index contributed by atoms with van der Waals surface area (Å²) in [5.41, 5.74) is 0. The van der Waals surface area contributed by atoms with Crippen molar-refractivity contribution in [1.29, 1.82) is 0 Å². The van der Waals surface area contributed by atoms with Crippen LogP contribution in [-0.4, -0.2) is 46.8 Å². The van der Waals surface area contributed by atoms with E-state index in [-0.39, 0.29) is 23.9 Å². The van der Waals surface area contributed by atoms with Crippen LogP contribution in [0.15, 0.2) is 0 Å². The minimum Gasteiger partial charge on any atom is -0.344 e. The molecule has 0 spiro atoms. The number of amides is 2. The van der Waals surface area contributed by atoms with Crippen LogP contribution in [0, 0.1) is 0 Å². The molecular formula is C13H24N2O2S. The molecule has 2 atom stereocenters. The van der Waals surface area contributed by atoms with Crippen LogP contribution in [0.5, 0.6) is 0 Å². The van der Waals surface area contributed by atoms with Crippen LogP contribution in [0.4, 0.5) is 0 Å². The standard InChI is InChI=1S/C13H24N2O2S/c1-4-11-13(17)15(7-6-8-18-5-2)10(3)9-12(16)14-11/h10-11H,4-9H2,1-3H3,(H,14,16). The second kappa shape index (κ2) is 7.67. The Balaban J connectivity index is 2.60. The predicted octanol–water partition coefficient (Wildman–Crippen LogP) is 1.65. The number of nitrogens with one attached hydrogen (secondary N) is 1. The summed E-state index contributed by atoms with van der Waals surface area (Å²) in [6.45, 7) is 6.80. The minimum atomic E-state index is -0.332. The normalized spacial score (nSPS) is 24.9. The molecule has 1 aliphatic heterocycles. The van der Waals surface area contributed by atoms with Crippen molar-refractivity contribution in [2.75, 3.05) is 18.1 Å². The maximum atomic E-state index is 12.3. The monoisotopic (exact) mass is 272 g/mol. The van der Waals surface area contributed by atoms with Crippen molar-refractivity contribution < 1.29 is 9.59 Å². The maximum Gasteiger partial charge on any atom is 0.245 e. The van der Waals surface area contributed by atoms with Crippen molar-refractivity contribution in [1.82, 2.24) is 10.2 Å². The fourth-order valence-corrected chi connectivity index (χ4v) is 2.82. The van der Waals surface area contributed by atoms with Gasteiger partial charge in [-0.2, -0.15) is 11.8 Å². The quantitative estimate of drug-likeness (QED) is 0.748. The van der Waals surface area contributed by atoms with E-state index in [0.29, 0.717) is 12.8 Å². The summed E-state index contributed by atoms with van der Waals surface area (Å²) in [5, 5.41) is 2.80. The number of hydrogen-bond acceptors (Lipinski definition) is 3. The Morgan fingerprint density at radius 3 is 2.72 bits per heavy atom. The lowest BCUT2D eigenvalue weighted by atomic mass is 10.1. The molecule has 0 aromatic rings.